The van der Waals surface area contributed by atoms with E-state index in [-0.39, 0.29) is 0 Å². The van der Waals surface area contributed by atoms with Gasteiger partial charge in [-0.3, -0.25) is 0 Å². The zero-order chi connectivity index (χ0) is 19.4. The van der Waals surface area contributed by atoms with Gasteiger partial charge in [0.25, 0.3) is 0 Å². The highest BCUT2D eigenvalue weighted by molar-refractivity contribution is 6.54. The van der Waals surface area contributed by atoms with E-state index in [0.717, 1.165) is 29.6 Å². The predicted octanol–water partition coefficient (Wildman–Crippen LogP) is 4.70. The van der Waals surface area contributed by atoms with E-state index in [4.69, 9.17) is 14.3 Å². The maximum Gasteiger partial charge on any atom is 0.525 e. The van der Waals surface area contributed by atoms with Crippen molar-refractivity contribution in [1.82, 2.24) is 9.97 Å². The second-order valence-corrected chi connectivity index (χ2v) is 8.88. The molecule has 0 spiro atoms. The smallest absolute Gasteiger partial charge is 0.398 e. The molecular formula is C21H26BFN2O2. The minimum absolute atomic E-state index is 0.450. The fourth-order valence-electron chi connectivity index (χ4n) is 3.68. The monoisotopic (exact) mass is 368 g/mol. The van der Waals surface area contributed by atoms with Gasteiger partial charge in [-0.25, -0.2) is 14.4 Å². The van der Waals surface area contributed by atoms with Gasteiger partial charge in [0.15, 0.2) is 5.65 Å². The van der Waals surface area contributed by atoms with E-state index in [1.807, 2.05) is 33.8 Å². The first-order valence-electron chi connectivity index (χ1n) is 9.66. The summed E-state index contributed by atoms with van der Waals surface area (Å²) in [5, 5.41) is 0.943. The zero-order valence-corrected chi connectivity index (χ0v) is 16.7. The van der Waals surface area contributed by atoms with Crippen molar-refractivity contribution in [3.05, 3.63) is 40.9 Å². The Kier molecular flexibility index (Phi) is 4.39. The summed E-state index contributed by atoms with van der Waals surface area (Å²) in [6, 6.07) is 4.09. The lowest BCUT2D eigenvalue weighted by atomic mass is 9.86. The van der Waals surface area contributed by atoms with Gasteiger partial charge in [-0.05, 0) is 82.2 Å². The van der Waals surface area contributed by atoms with E-state index in [2.05, 4.69) is 18.0 Å². The van der Waals surface area contributed by atoms with Crippen molar-refractivity contribution in [2.24, 2.45) is 5.92 Å². The van der Waals surface area contributed by atoms with Crippen LogP contribution in [0.25, 0.3) is 17.1 Å². The fourth-order valence-corrected chi connectivity index (χ4v) is 3.68. The third kappa shape index (κ3) is 3.41. The molecule has 0 N–H and O–H groups in total. The molecule has 2 aromatic rings. The minimum atomic E-state index is -0.992. The van der Waals surface area contributed by atoms with Crippen LogP contribution in [0.4, 0.5) is 4.39 Å². The van der Waals surface area contributed by atoms with Crippen molar-refractivity contribution in [2.45, 2.75) is 65.1 Å². The third-order valence-corrected chi connectivity index (χ3v) is 6.08. The molecule has 142 valence electrons. The molecule has 0 bridgehead atoms. The molecule has 2 aromatic heterocycles. The number of rotatable bonds is 2. The minimum Gasteiger partial charge on any atom is -0.398 e. The highest BCUT2D eigenvalue weighted by Gasteiger charge is 2.53. The van der Waals surface area contributed by atoms with Gasteiger partial charge in [-0.2, -0.15) is 0 Å². The van der Waals surface area contributed by atoms with Gasteiger partial charge in [0, 0.05) is 17.3 Å². The second-order valence-electron chi connectivity index (χ2n) is 8.88. The molecule has 0 saturated carbocycles. The fraction of sp³-hybridized carbons (Fsp3) is 0.524. The quantitative estimate of drug-likeness (QED) is 0.721. The molecule has 1 aliphatic carbocycles. The van der Waals surface area contributed by atoms with Crippen LogP contribution < -0.4 is 0 Å². The summed E-state index contributed by atoms with van der Waals surface area (Å²) in [6.07, 6.45) is 6.31. The summed E-state index contributed by atoms with van der Waals surface area (Å²) in [5.74, 6) is 0.675. The lowest BCUT2D eigenvalue weighted by Gasteiger charge is -2.32. The lowest BCUT2D eigenvalue weighted by molar-refractivity contribution is 0.00578. The Morgan fingerprint density at radius 3 is 2.63 bits per heavy atom. The molecular weight excluding hydrogens is 342 g/mol. The molecule has 0 aromatic carbocycles. The average molecular weight is 368 g/mol. The second kappa shape index (κ2) is 6.38. The molecule has 4 rings (SSSR count). The Balaban J connectivity index is 1.63. The lowest BCUT2D eigenvalue weighted by Crippen LogP contribution is -2.41. The number of aryl methyl sites for hydroxylation is 1. The first-order chi connectivity index (χ1) is 12.6. The first-order valence-corrected chi connectivity index (χ1v) is 9.66. The molecule has 2 aliphatic rings. The molecule has 1 unspecified atom stereocenters. The van der Waals surface area contributed by atoms with Gasteiger partial charge in [0.2, 0.25) is 0 Å². The molecule has 1 atom stereocenters. The van der Waals surface area contributed by atoms with Crippen molar-refractivity contribution in [3.8, 4) is 0 Å². The summed E-state index contributed by atoms with van der Waals surface area (Å²) in [5.41, 5.74) is 2.26. The van der Waals surface area contributed by atoms with E-state index in [9.17, 15) is 4.39 Å². The highest BCUT2D eigenvalue weighted by Crippen LogP contribution is 2.39. The standard InChI is InChI=1S/C21H26BFN2O2/c1-13-6-7-17-15(8-13)11-16-9-14(12-24-19(16)25-17)10-18(23)22-26-20(2,3)21(4,5)27-22/h9-13H,6-8H2,1-5H3. The zero-order valence-electron chi connectivity index (χ0n) is 16.7. The van der Waals surface area contributed by atoms with Gasteiger partial charge in [0.05, 0.1) is 11.2 Å². The number of fused-ring (bicyclic) bond motifs is 2. The maximum absolute atomic E-state index is 14.8. The van der Waals surface area contributed by atoms with Gasteiger partial charge in [0.1, 0.15) is 5.73 Å². The Morgan fingerprint density at radius 2 is 1.93 bits per heavy atom. The third-order valence-electron chi connectivity index (χ3n) is 6.08. The highest BCUT2D eigenvalue weighted by atomic mass is 19.1. The molecule has 1 saturated heterocycles. The van der Waals surface area contributed by atoms with Gasteiger partial charge in [-0.15, -0.1) is 0 Å². The van der Waals surface area contributed by atoms with Crippen LogP contribution in [0.15, 0.2) is 24.1 Å². The van der Waals surface area contributed by atoms with E-state index < -0.39 is 24.0 Å². The molecule has 1 aliphatic heterocycles. The Morgan fingerprint density at radius 1 is 1.22 bits per heavy atom. The number of nitrogens with zero attached hydrogens (tertiary/aromatic N) is 2. The van der Waals surface area contributed by atoms with E-state index >= 15 is 0 Å². The van der Waals surface area contributed by atoms with Crippen LogP contribution in [-0.4, -0.2) is 28.3 Å². The molecule has 27 heavy (non-hydrogen) atoms. The predicted molar refractivity (Wildman–Crippen MR) is 106 cm³/mol. The van der Waals surface area contributed by atoms with Crippen molar-refractivity contribution >= 4 is 24.2 Å². The molecule has 0 amide bonds. The molecule has 3 heterocycles. The van der Waals surface area contributed by atoms with E-state index in [1.165, 1.54) is 18.1 Å². The summed E-state index contributed by atoms with van der Waals surface area (Å²) in [4.78, 5) is 9.15. The van der Waals surface area contributed by atoms with Gasteiger partial charge in [-0.1, -0.05) is 6.92 Å². The van der Waals surface area contributed by atoms with E-state index in [0.29, 0.717) is 11.5 Å². The van der Waals surface area contributed by atoms with Crippen LogP contribution in [0, 0.1) is 5.92 Å². The van der Waals surface area contributed by atoms with Gasteiger partial charge >= 0.3 is 7.12 Å². The molecule has 4 nitrogen and oxygen atoms in total. The molecule has 6 heteroatoms. The maximum atomic E-state index is 14.8. The SMILES string of the molecule is CC1CCc2nc3ncc(C=C(F)B4OC(C)(C)C(C)(C)O4)cc3cc2C1. The number of halogens is 1. The summed E-state index contributed by atoms with van der Waals surface area (Å²) < 4.78 is 26.3. The van der Waals surface area contributed by atoms with Crippen LogP contribution >= 0.6 is 0 Å². The topological polar surface area (TPSA) is 44.2 Å². The number of hydrogen-bond donors (Lipinski definition) is 0. The molecule has 0 radical (unpaired) electrons. The van der Waals surface area contributed by atoms with Crippen molar-refractivity contribution in [2.75, 3.05) is 0 Å². The van der Waals surface area contributed by atoms with Crippen LogP contribution in [0.2, 0.25) is 0 Å². The van der Waals surface area contributed by atoms with Crippen molar-refractivity contribution in [1.29, 1.82) is 0 Å². The Labute approximate surface area is 160 Å². The van der Waals surface area contributed by atoms with E-state index in [1.54, 1.807) is 6.20 Å². The molecule has 1 fully saturated rings. The average Bonchev–Trinajstić information content (AvgIpc) is 2.81. The Hall–Kier alpha value is -1.79. The summed E-state index contributed by atoms with van der Waals surface area (Å²) in [6.45, 7) is 9.91. The first kappa shape index (κ1) is 18.6. The number of aromatic nitrogens is 2. The Bertz CT molecular complexity index is 910. The largest absolute Gasteiger partial charge is 0.525 e. The van der Waals surface area contributed by atoms with Crippen molar-refractivity contribution < 1.29 is 13.7 Å². The summed E-state index contributed by atoms with van der Waals surface area (Å²) in [7, 11) is -0.992. The number of hydrogen-bond acceptors (Lipinski definition) is 4. The van der Waals surface area contributed by atoms with Crippen LogP contribution in [-0.2, 0) is 22.2 Å². The van der Waals surface area contributed by atoms with Gasteiger partial charge < -0.3 is 9.31 Å². The van der Waals surface area contributed by atoms with Crippen LogP contribution in [0.5, 0.6) is 0 Å². The number of pyridine rings is 2. The van der Waals surface area contributed by atoms with Crippen LogP contribution in [0.3, 0.4) is 0 Å². The van der Waals surface area contributed by atoms with Crippen molar-refractivity contribution in [3.63, 3.8) is 0 Å². The summed E-state index contributed by atoms with van der Waals surface area (Å²) >= 11 is 0. The van der Waals surface area contributed by atoms with Crippen LogP contribution in [0.1, 0.15) is 57.9 Å². The normalized spacial score (nSPS) is 24.3.